The van der Waals surface area contributed by atoms with Gasteiger partial charge in [0.15, 0.2) is 0 Å². The van der Waals surface area contributed by atoms with E-state index in [2.05, 4.69) is 11.2 Å². The van der Waals surface area contributed by atoms with Gasteiger partial charge in [0.2, 0.25) is 10.0 Å². The van der Waals surface area contributed by atoms with Gasteiger partial charge in [-0.25, -0.2) is 8.42 Å². The summed E-state index contributed by atoms with van der Waals surface area (Å²) in [5.74, 6) is 0. The molecule has 0 saturated carbocycles. The van der Waals surface area contributed by atoms with Crippen LogP contribution in [0, 0.1) is 0 Å². The van der Waals surface area contributed by atoms with Gasteiger partial charge in [0.1, 0.15) is 4.90 Å². The Labute approximate surface area is 107 Å². The second kappa shape index (κ2) is 5.21. The van der Waals surface area contributed by atoms with Gasteiger partial charge in [-0.15, -0.1) is 0 Å². The first kappa shape index (κ1) is 13.3. The van der Waals surface area contributed by atoms with E-state index < -0.39 is 10.0 Å². The van der Waals surface area contributed by atoms with Gasteiger partial charge in [0.25, 0.3) is 0 Å². The van der Waals surface area contributed by atoms with Crippen molar-refractivity contribution in [3.63, 3.8) is 0 Å². The molecular weight excluding hydrogens is 252 g/mol. The summed E-state index contributed by atoms with van der Waals surface area (Å²) in [6.45, 7) is 3.90. The zero-order chi connectivity index (χ0) is 13.2. The molecule has 2 heterocycles. The Kier molecular flexibility index (Phi) is 3.84. The van der Waals surface area contributed by atoms with Crippen molar-refractivity contribution >= 4 is 10.0 Å². The van der Waals surface area contributed by atoms with Crippen LogP contribution in [0.4, 0.5) is 0 Å². The van der Waals surface area contributed by atoms with E-state index in [0.29, 0.717) is 26.2 Å². The lowest BCUT2D eigenvalue weighted by Crippen LogP contribution is -2.35. The van der Waals surface area contributed by atoms with E-state index in [-0.39, 0.29) is 4.90 Å². The molecule has 0 bridgehead atoms. The van der Waals surface area contributed by atoms with Crippen LogP contribution >= 0.6 is 0 Å². The highest BCUT2D eigenvalue weighted by Gasteiger charge is 2.27. The van der Waals surface area contributed by atoms with Gasteiger partial charge in [-0.1, -0.05) is 11.6 Å². The molecule has 6 nitrogen and oxygen atoms in total. The molecule has 1 aromatic rings. The Morgan fingerprint density at radius 3 is 2.94 bits per heavy atom. The van der Waals surface area contributed by atoms with E-state index in [1.54, 1.807) is 4.68 Å². The first-order valence-electron chi connectivity index (χ1n) is 5.92. The lowest BCUT2D eigenvalue weighted by atomic mass is 10.2. The molecule has 0 aromatic carbocycles. The van der Waals surface area contributed by atoms with Gasteiger partial charge in [-0.2, -0.15) is 9.40 Å². The summed E-state index contributed by atoms with van der Waals surface area (Å²) in [7, 11) is -3.42. The third-order valence-corrected chi connectivity index (χ3v) is 4.70. The quantitative estimate of drug-likeness (QED) is 0.791. The van der Waals surface area contributed by atoms with Gasteiger partial charge in [0, 0.05) is 25.8 Å². The predicted molar refractivity (Wildman–Crippen MR) is 68.4 cm³/mol. The zero-order valence-electron chi connectivity index (χ0n) is 10.4. The van der Waals surface area contributed by atoms with E-state index in [1.807, 2.05) is 6.92 Å². The zero-order valence-corrected chi connectivity index (χ0v) is 11.2. The molecule has 0 radical (unpaired) electrons. The van der Waals surface area contributed by atoms with Crippen LogP contribution in [0.1, 0.15) is 13.3 Å². The summed E-state index contributed by atoms with van der Waals surface area (Å²) in [5, 5.41) is 4.00. The number of aromatic nitrogens is 2. The number of hydrogen-bond donors (Lipinski definition) is 1. The molecule has 7 heteroatoms. The third-order valence-electron chi connectivity index (χ3n) is 2.90. The maximum Gasteiger partial charge on any atom is 0.246 e. The Balaban J connectivity index is 2.22. The van der Waals surface area contributed by atoms with Crippen LogP contribution in [0.2, 0.25) is 0 Å². The van der Waals surface area contributed by atoms with E-state index in [9.17, 15) is 8.42 Å². The minimum absolute atomic E-state index is 0.241. The first-order chi connectivity index (χ1) is 8.54. The van der Waals surface area contributed by atoms with Crippen LogP contribution in [-0.2, 0) is 16.6 Å². The van der Waals surface area contributed by atoms with E-state index in [0.717, 1.165) is 12.0 Å². The average Bonchev–Trinajstić information content (AvgIpc) is 2.79. The van der Waals surface area contributed by atoms with Crippen LogP contribution in [-0.4, -0.2) is 42.1 Å². The van der Waals surface area contributed by atoms with Gasteiger partial charge in [-0.3, -0.25) is 4.68 Å². The molecule has 0 atom stereocenters. The Morgan fingerprint density at radius 1 is 1.50 bits per heavy atom. The van der Waals surface area contributed by atoms with Crippen molar-refractivity contribution in [2.45, 2.75) is 24.8 Å². The smallest absolute Gasteiger partial charge is 0.246 e. The molecule has 0 aliphatic carbocycles. The van der Waals surface area contributed by atoms with Crippen LogP contribution < -0.4 is 5.73 Å². The molecule has 1 aliphatic rings. The van der Waals surface area contributed by atoms with Crippen molar-refractivity contribution in [2.75, 3.05) is 19.6 Å². The molecule has 2 N–H and O–H groups in total. The average molecular weight is 270 g/mol. The number of sulfonamides is 1. The molecule has 0 unspecified atom stereocenters. The maximum atomic E-state index is 12.4. The summed E-state index contributed by atoms with van der Waals surface area (Å²) < 4.78 is 27.8. The van der Waals surface area contributed by atoms with E-state index in [4.69, 9.17) is 5.73 Å². The van der Waals surface area contributed by atoms with Crippen molar-refractivity contribution in [1.29, 1.82) is 0 Å². The fourth-order valence-electron chi connectivity index (χ4n) is 1.96. The predicted octanol–water partition coefficient (Wildman–Crippen LogP) is 0.183. The Hall–Kier alpha value is -1.18. The number of hydrogen-bond acceptors (Lipinski definition) is 4. The summed E-state index contributed by atoms with van der Waals surface area (Å²) in [4.78, 5) is 0.241. The van der Waals surface area contributed by atoms with Gasteiger partial charge in [-0.05, 0) is 13.3 Å². The Bertz CT molecular complexity index is 547. The fraction of sp³-hybridized carbons (Fsp3) is 0.545. The van der Waals surface area contributed by atoms with E-state index in [1.165, 1.54) is 16.7 Å². The molecule has 0 fully saturated rings. The van der Waals surface area contributed by atoms with Gasteiger partial charge >= 0.3 is 0 Å². The summed E-state index contributed by atoms with van der Waals surface area (Å²) in [6.07, 6.45) is 5.76. The number of nitrogens with two attached hydrogens (primary N) is 1. The maximum absolute atomic E-state index is 12.4. The van der Waals surface area contributed by atoms with Crippen LogP contribution in [0.3, 0.4) is 0 Å². The van der Waals surface area contributed by atoms with Crippen LogP contribution in [0.15, 0.2) is 28.9 Å². The normalized spacial score (nSPS) is 17.8. The number of nitrogens with zero attached hydrogens (tertiary/aromatic N) is 3. The molecule has 0 saturated heterocycles. The van der Waals surface area contributed by atoms with Crippen LogP contribution in [0.5, 0.6) is 0 Å². The molecule has 1 aliphatic heterocycles. The second-order valence-corrected chi connectivity index (χ2v) is 6.34. The summed E-state index contributed by atoms with van der Waals surface area (Å²) in [6, 6.07) is 0. The molecule has 100 valence electrons. The molecule has 0 spiro atoms. The minimum Gasteiger partial charge on any atom is -0.329 e. The minimum atomic E-state index is -3.42. The van der Waals surface area contributed by atoms with E-state index >= 15 is 0 Å². The molecular formula is C11H18N4O2S. The van der Waals surface area contributed by atoms with Crippen molar-refractivity contribution in [1.82, 2.24) is 14.1 Å². The second-order valence-electron chi connectivity index (χ2n) is 4.41. The van der Waals surface area contributed by atoms with Crippen molar-refractivity contribution < 1.29 is 8.42 Å². The lowest BCUT2D eigenvalue weighted by molar-refractivity contribution is 0.428. The highest BCUT2D eigenvalue weighted by molar-refractivity contribution is 7.89. The van der Waals surface area contributed by atoms with Gasteiger partial charge in [0.05, 0.1) is 12.7 Å². The number of rotatable bonds is 4. The topological polar surface area (TPSA) is 81.2 Å². The van der Waals surface area contributed by atoms with Crippen molar-refractivity contribution in [2.24, 2.45) is 5.73 Å². The third kappa shape index (κ3) is 2.63. The molecule has 2 rings (SSSR count). The monoisotopic (exact) mass is 270 g/mol. The fourth-order valence-corrected chi connectivity index (χ4v) is 3.42. The summed E-state index contributed by atoms with van der Waals surface area (Å²) >= 11 is 0. The standard InChI is InChI=1S/C11H18N4O2S/c1-10-3-2-5-15(8-10)18(16,17)11-7-13-14(9-11)6-4-12/h3,7,9H,2,4-6,8,12H2,1H3. The lowest BCUT2D eigenvalue weighted by Gasteiger charge is -2.24. The van der Waals surface area contributed by atoms with Crippen LogP contribution in [0.25, 0.3) is 0 Å². The first-order valence-corrected chi connectivity index (χ1v) is 7.36. The van der Waals surface area contributed by atoms with Crippen molar-refractivity contribution in [3.05, 3.63) is 24.0 Å². The van der Waals surface area contributed by atoms with Crippen molar-refractivity contribution in [3.8, 4) is 0 Å². The summed E-state index contributed by atoms with van der Waals surface area (Å²) in [5.41, 5.74) is 6.49. The molecule has 0 amide bonds. The Morgan fingerprint density at radius 2 is 2.28 bits per heavy atom. The highest BCUT2D eigenvalue weighted by atomic mass is 32.2. The van der Waals surface area contributed by atoms with Gasteiger partial charge < -0.3 is 5.73 Å². The molecule has 1 aromatic heterocycles. The largest absolute Gasteiger partial charge is 0.329 e. The SMILES string of the molecule is CC1=CCCN(S(=O)(=O)c2cnn(CCN)c2)C1. The highest BCUT2D eigenvalue weighted by Crippen LogP contribution is 2.19. The molecule has 18 heavy (non-hydrogen) atoms.